The number of anilines is 1. The molecule has 1 atom stereocenters. The Morgan fingerprint density at radius 3 is 2.43 bits per heavy atom. The lowest BCUT2D eigenvalue weighted by Gasteiger charge is -2.43. The fourth-order valence-electron chi connectivity index (χ4n) is 2.81. The molecule has 0 N–H and O–H groups in total. The number of nitrogens with zero attached hydrogens (tertiary/aromatic N) is 1. The quantitative estimate of drug-likeness (QED) is 0.786. The van der Waals surface area contributed by atoms with Gasteiger partial charge in [-0.2, -0.15) is 0 Å². The van der Waals surface area contributed by atoms with Crippen LogP contribution in [0.25, 0.3) is 0 Å². The van der Waals surface area contributed by atoms with E-state index in [0.29, 0.717) is 17.9 Å². The van der Waals surface area contributed by atoms with Gasteiger partial charge in [0.2, 0.25) is 0 Å². The summed E-state index contributed by atoms with van der Waals surface area (Å²) >= 11 is 0. The third-order valence-corrected chi connectivity index (χ3v) is 4.14. The summed E-state index contributed by atoms with van der Waals surface area (Å²) in [6, 6.07) is 13.1. The largest absolute Gasteiger partial charge is 0.489 e. The van der Waals surface area contributed by atoms with E-state index in [0.717, 1.165) is 5.69 Å². The standard InChI is InChI=1S/C19H20FNO2/c1-19(2,3)17-12-23-16-7-5-4-6-15(16)21(17)18(22)13-8-10-14(20)11-9-13/h4-11,17H,12H2,1-3H3/t17-/m1/s1. The number of rotatable bonds is 1. The van der Waals surface area contributed by atoms with E-state index in [1.165, 1.54) is 24.3 Å². The molecule has 0 bridgehead atoms. The van der Waals surface area contributed by atoms with E-state index in [2.05, 4.69) is 20.8 Å². The van der Waals surface area contributed by atoms with Crippen LogP contribution in [0.1, 0.15) is 31.1 Å². The first-order valence-corrected chi connectivity index (χ1v) is 7.69. The van der Waals surface area contributed by atoms with Crippen molar-refractivity contribution < 1.29 is 13.9 Å². The number of fused-ring (bicyclic) bond motifs is 1. The van der Waals surface area contributed by atoms with Gasteiger partial charge in [-0.25, -0.2) is 4.39 Å². The Bertz CT molecular complexity index is 719. The number of hydrogen-bond donors (Lipinski definition) is 0. The zero-order valence-corrected chi connectivity index (χ0v) is 13.5. The summed E-state index contributed by atoms with van der Waals surface area (Å²) in [7, 11) is 0. The Morgan fingerprint density at radius 1 is 1.13 bits per heavy atom. The third-order valence-electron chi connectivity index (χ3n) is 4.14. The van der Waals surface area contributed by atoms with Gasteiger partial charge < -0.3 is 4.74 Å². The van der Waals surface area contributed by atoms with Crippen molar-refractivity contribution in [3.8, 4) is 5.75 Å². The molecular weight excluding hydrogens is 293 g/mol. The zero-order valence-electron chi connectivity index (χ0n) is 13.5. The second kappa shape index (κ2) is 5.69. The molecule has 120 valence electrons. The van der Waals surface area contributed by atoms with Crippen LogP contribution in [0.2, 0.25) is 0 Å². The van der Waals surface area contributed by atoms with Gasteiger partial charge in [0.05, 0.1) is 11.7 Å². The van der Waals surface area contributed by atoms with Crippen molar-refractivity contribution >= 4 is 11.6 Å². The van der Waals surface area contributed by atoms with Gasteiger partial charge >= 0.3 is 0 Å². The summed E-state index contributed by atoms with van der Waals surface area (Å²) in [6.45, 7) is 6.69. The molecule has 0 fully saturated rings. The van der Waals surface area contributed by atoms with Gasteiger partial charge in [0, 0.05) is 5.56 Å². The van der Waals surface area contributed by atoms with Crippen LogP contribution in [0.5, 0.6) is 5.75 Å². The summed E-state index contributed by atoms with van der Waals surface area (Å²) in [5.74, 6) is 0.209. The molecule has 0 spiro atoms. The maximum absolute atomic E-state index is 13.2. The topological polar surface area (TPSA) is 29.5 Å². The van der Waals surface area contributed by atoms with Gasteiger partial charge in [0.25, 0.3) is 5.91 Å². The highest BCUT2D eigenvalue weighted by Gasteiger charge is 2.39. The third kappa shape index (κ3) is 2.93. The van der Waals surface area contributed by atoms with Crippen molar-refractivity contribution in [3.63, 3.8) is 0 Å². The van der Waals surface area contributed by atoms with Crippen LogP contribution in [0.4, 0.5) is 10.1 Å². The highest BCUT2D eigenvalue weighted by Crippen LogP contribution is 2.39. The van der Waals surface area contributed by atoms with Crippen molar-refractivity contribution in [1.29, 1.82) is 0 Å². The Balaban J connectivity index is 2.07. The number of para-hydroxylation sites is 2. The highest BCUT2D eigenvalue weighted by atomic mass is 19.1. The Morgan fingerprint density at radius 2 is 1.78 bits per heavy atom. The molecule has 0 aromatic heterocycles. The van der Waals surface area contributed by atoms with Crippen LogP contribution < -0.4 is 9.64 Å². The number of benzene rings is 2. The van der Waals surface area contributed by atoms with Crippen molar-refractivity contribution in [2.45, 2.75) is 26.8 Å². The van der Waals surface area contributed by atoms with Crippen molar-refractivity contribution in [3.05, 3.63) is 59.9 Å². The van der Waals surface area contributed by atoms with Crippen LogP contribution in [-0.2, 0) is 0 Å². The van der Waals surface area contributed by atoms with Crippen LogP contribution in [0.3, 0.4) is 0 Å². The molecule has 1 heterocycles. The Labute approximate surface area is 135 Å². The molecule has 3 rings (SSSR count). The second-order valence-electron chi connectivity index (χ2n) is 6.84. The van der Waals surface area contributed by atoms with Crippen LogP contribution in [0.15, 0.2) is 48.5 Å². The monoisotopic (exact) mass is 313 g/mol. The predicted octanol–water partition coefficient (Wildman–Crippen LogP) is 4.28. The molecule has 1 amide bonds. The molecular formula is C19H20FNO2. The number of hydrogen-bond acceptors (Lipinski definition) is 2. The van der Waals surface area contributed by atoms with Gasteiger partial charge in [-0.15, -0.1) is 0 Å². The van der Waals surface area contributed by atoms with Gasteiger partial charge in [-0.05, 0) is 41.8 Å². The molecule has 2 aromatic rings. The normalized spacial score (nSPS) is 17.4. The fourth-order valence-corrected chi connectivity index (χ4v) is 2.81. The smallest absolute Gasteiger partial charge is 0.258 e. The van der Waals surface area contributed by atoms with E-state index in [-0.39, 0.29) is 23.2 Å². The van der Waals surface area contributed by atoms with E-state index >= 15 is 0 Å². The molecule has 0 unspecified atom stereocenters. The number of carbonyl (C=O) groups excluding carboxylic acids is 1. The molecule has 23 heavy (non-hydrogen) atoms. The maximum Gasteiger partial charge on any atom is 0.258 e. The summed E-state index contributed by atoms with van der Waals surface area (Å²) in [4.78, 5) is 14.9. The lowest BCUT2D eigenvalue weighted by Crippen LogP contribution is -2.53. The molecule has 0 aliphatic carbocycles. The van der Waals surface area contributed by atoms with E-state index < -0.39 is 0 Å². The number of ether oxygens (including phenoxy) is 1. The first-order valence-electron chi connectivity index (χ1n) is 7.69. The predicted molar refractivity (Wildman–Crippen MR) is 88.4 cm³/mol. The van der Waals surface area contributed by atoms with Gasteiger partial charge in [-0.3, -0.25) is 9.69 Å². The highest BCUT2D eigenvalue weighted by molar-refractivity contribution is 6.07. The van der Waals surface area contributed by atoms with E-state index in [4.69, 9.17) is 4.74 Å². The molecule has 0 radical (unpaired) electrons. The number of halogens is 1. The minimum absolute atomic E-state index is 0.102. The van der Waals surface area contributed by atoms with E-state index in [9.17, 15) is 9.18 Å². The van der Waals surface area contributed by atoms with Gasteiger partial charge in [-0.1, -0.05) is 32.9 Å². The summed E-state index contributed by atoms with van der Waals surface area (Å²) < 4.78 is 19.0. The van der Waals surface area contributed by atoms with Crippen LogP contribution in [-0.4, -0.2) is 18.6 Å². The van der Waals surface area contributed by atoms with E-state index in [1.54, 1.807) is 4.90 Å². The lowest BCUT2D eigenvalue weighted by molar-refractivity contribution is 0.0911. The van der Waals surface area contributed by atoms with E-state index in [1.807, 2.05) is 24.3 Å². The Kier molecular flexibility index (Phi) is 3.84. The average molecular weight is 313 g/mol. The number of carbonyl (C=O) groups is 1. The van der Waals surface area contributed by atoms with Gasteiger partial charge in [0.1, 0.15) is 18.2 Å². The molecule has 4 heteroatoms. The molecule has 3 nitrogen and oxygen atoms in total. The zero-order chi connectivity index (χ0) is 16.6. The minimum Gasteiger partial charge on any atom is -0.489 e. The molecule has 1 aliphatic heterocycles. The summed E-state index contributed by atoms with van der Waals surface area (Å²) in [5.41, 5.74) is 1.08. The molecule has 0 saturated carbocycles. The van der Waals surface area contributed by atoms with Crippen molar-refractivity contribution in [1.82, 2.24) is 0 Å². The average Bonchev–Trinajstić information content (AvgIpc) is 2.53. The molecule has 2 aromatic carbocycles. The SMILES string of the molecule is CC(C)(C)[C@H]1COc2ccccc2N1C(=O)c1ccc(F)cc1. The van der Waals surface area contributed by atoms with Crippen LogP contribution >= 0.6 is 0 Å². The summed E-state index contributed by atoms with van der Waals surface area (Å²) in [5, 5.41) is 0. The lowest BCUT2D eigenvalue weighted by atomic mass is 9.84. The first-order chi connectivity index (χ1) is 10.9. The summed E-state index contributed by atoms with van der Waals surface area (Å²) in [6.07, 6.45) is 0. The van der Waals surface area contributed by atoms with Gasteiger partial charge in [0.15, 0.2) is 0 Å². The fraction of sp³-hybridized carbons (Fsp3) is 0.316. The second-order valence-corrected chi connectivity index (χ2v) is 6.84. The minimum atomic E-state index is -0.351. The number of amides is 1. The Hall–Kier alpha value is -2.36. The van der Waals surface area contributed by atoms with Crippen LogP contribution in [0, 0.1) is 11.2 Å². The maximum atomic E-state index is 13.2. The van der Waals surface area contributed by atoms with Crippen molar-refractivity contribution in [2.75, 3.05) is 11.5 Å². The van der Waals surface area contributed by atoms with Crippen molar-refractivity contribution in [2.24, 2.45) is 5.41 Å². The molecule has 1 aliphatic rings. The first kappa shape index (κ1) is 15.5. The molecule has 0 saturated heterocycles.